The summed E-state index contributed by atoms with van der Waals surface area (Å²) in [6, 6.07) is 15.8. The zero-order valence-corrected chi connectivity index (χ0v) is 13.6. The van der Waals surface area contributed by atoms with Crippen LogP contribution < -0.4 is 4.74 Å². The summed E-state index contributed by atoms with van der Waals surface area (Å²) in [6.07, 6.45) is 1.44. The van der Waals surface area contributed by atoms with Crippen molar-refractivity contribution in [3.05, 3.63) is 77.4 Å². The summed E-state index contributed by atoms with van der Waals surface area (Å²) in [5.74, 6) is 1.40. The van der Waals surface area contributed by atoms with Gasteiger partial charge in [0.15, 0.2) is 11.5 Å². The van der Waals surface area contributed by atoms with E-state index in [1.807, 2.05) is 55.5 Å². The number of H-pyrrole nitrogens is 1. The van der Waals surface area contributed by atoms with Crippen molar-refractivity contribution < 1.29 is 9.57 Å². The molecule has 0 radical (unpaired) electrons. The van der Waals surface area contributed by atoms with Gasteiger partial charge in [0, 0.05) is 5.56 Å². The summed E-state index contributed by atoms with van der Waals surface area (Å²) in [7, 11) is 1.50. The lowest BCUT2D eigenvalue weighted by Crippen LogP contribution is -2.11. The van der Waals surface area contributed by atoms with Crippen LogP contribution in [0, 0.1) is 6.92 Å². The molecule has 122 valence electrons. The van der Waals surface area contributed by atoms with Crippen molar-refractivity contribution in [2.24, 2.45) is 5.16 Å². The molecule has 0 fully saturated rings. The maximum Gasteiger partial charge on any atom is 0.178 e. The first kappa shape index (κ1) is 15.7. The van der Waals surface area contributed by atoms with Gasteiger partial charge in [-0.2, -0.15) is 5.10 Å². The predicted octanol–water partition coefficient (Wildman–Crippen LogP) is 3.09. The number of hydrogen-bond donors (Lipinski definition) is 1. The van der Waals surface area contributed by atoms with Crippen molar-refractivity contribution in [3.8, 4) is 5.75 Å². The molecular weight excluding hydrogens is 304 g/mol. The summed E-state index contributed by atoms with van der Waals surface area (Å²) in [5.41, 5.74) is 3.53. The van der Waals surface area contributed by atoms with Crippen LogP contribution in [0.4, 0.5) is 0 Å². The van der Waals surface area contributed by atoms with Gasteiger partial charge in [-0.05, 0) is 24.1 Å². The molecule has 0 unspecified atom stereocenters. The lowest BCUT2D eigenvalue weighted by atomic mass is 10.0. The number of aryl methyl sites for hydroxylation is 1. The maximum absolute atomic E-state index is 5.97. The van der Waals surface area contributed by atoms with Gasteiger partial charge in [-0.25, -0.2) is 4.98 Å². The van der Waals surface area contributed by atoms with Gasteiger partial charge >= 0.3 is 0 Å². The van der Waals surface area contributed by atoms with Gasteiger partial charge in [0.1, 0.15) is 25.8 Å². The molecule has 2 aromatic carbocycles. The minimum absolute atomic E-state index is 0.415. The van der Waals surface area contributed by atoms with Crippen LogP contribution in [0.15, 0.2) is 60.0 Å². The number of oxime groups is 1. The van der Waals surface area contributed by atoms with E-state index in [4.69, 9.17) is 9.57 Å². The van der Waals surface area contributed by atoms with Gasteiger partial charge in [0.05, 0.1) is 0 Å². The van der Waals surface area contributed by atoms with Crippen LogP contribution in [0.25, 0.3) is 0 Å². The molecule has 0 aliphatic rings. The van der Waals surface area contributed by atoms with E-state index in [1.54, 1.807) is 0 Å². The Hall–Kier alpha value is -3.15. The van der Waals surface area contributed by atoms with Crippen molar-refractivity contribution in [2.75, 3.05) is 7.11 Å². The molecular formula is C18H18N4O2. The van der Waals surface area contributed by atoms with Gasteiger partial charge in [0.2, 0.25) is 0 Å². The van der Waals surface area contributed by atoms with Crippen molar-refractivity contribution in [1.82, 2.24) is 15.2 Å². The Labute approximate surface area is 140 Å². The first-order valence-corrected chi connectivity index (χ1v) is 7.53. The van der Waals surface area contributed by atoms with E-state index in [0.29, 0.717) is 18.1 Å². The van der Waals surface area contributed by atoms with Crippen molar-refractivity contribution in [3.63, 3.8) is 0 Å². The number of hydrogen-bond acceptors (Lipinski definition) is 5. The largest absolute Gasteiger partial charge is 0.489 e. The Morgan fingerprint density at radius 2 is 1.92 bits per heavy atom. The summed E-state index contributed by atoms with van der Waals surface area (Å²) >= 11 is 0. The van der Waals surface area contributed by atoms with Crippen LogP contribution in [-0.2, 0) is 11.4 Å². The van der Waals surface area contributed by atoms with E-state index >= 15 is 0 Å². The van der Waals surface area contributed by atoms with Gasteiger partial charge in [-0.3, -0.25) is 5.10 Å². The number of rotatable bonds is 6. The van der Waals surface area contributed by atoms with E-state index in [1.165, 1.54) is 13.4 Å². The first-order chi connectivity index (χ1) is 11.8. The first-order valence-electron chi connectivity index (χ1n) is 7.53. The van der Waals surface area contributed by atoms with Crippen molar-refractivity contribution >= 4 is 5.71 Å². The molecule has 0 aliphatic carbocycles. The molecule has 6 heteroatoms. The number of benzene rings is 2. The molecule has 0 bridgehead atoms. The molecule has 3 aromatic rings. The minimum Gasteiger partial charge on any atom is -0.489 e. The third-order valence-electron chi connectivity index (χ3n) is 3.57. The molecule has 0 spiro atoms. The predicted molar refractivity (Wildman–Crippen MR) is 91.0 cm³/mol. The molecule has 24 heavy (non-hydrogen) atoms. The molecule has 0 saturated heterocycles. The number of ether oxygens (including phenoxy) is 1. The van der Waals surface area contributed by atoms with Crippen LogP contribution >= 0.6 is 0 Å². The van der Waals surface area contributed by atoms with Crippen molar-refractivity contribution in [2.45, 2.75) is 13.5 Å². The van der Waals surface area contributed by atoms with Crippen LogP contribution in [0.5, 0.6) is 5.75 Å². The SMILES string of the molecule is CON=C(c1ncn[nH]1)c1ccccc1COc1ccccc1C. The fourth-order valence-electron chi connectivity index (χ4n) is 2.38. The highest BCUT2D eigenvalue weighted by atomic mass is 16.6. The number of nitrogens with zero attached hydrogens (tertiary/aromatic N) is 3. The van der Waals surface area contributed by atoms with Crippen LogP contribution in [0.1, 0.15) is 22.5 Å². The van der Waals surface area contributed by atoms with E-state index in [2.05, 4.69) is 20.3 Å². The summed E-state index contributed by atoms with van der Waals surface area (Å²) in [6.45, 7) is 2.44. The molecule has 1 N–H and O–H groups in total. The summed E-state index contributed by atoms with van der Waals surface area (Å²) in [5, 5.41) is 10.8. The topological polar surface area (TPSA) is 72.4 Å². The quantitative estimate of drug-likeness (QED) is 0.559. The molecule has 0 amide bonds. The number of para-hydroxylation sites is 1. The Bertz CT molecular complexity index is 829. The highest BCUT2D eigenvalue weighted by Crippen LogP contribution is 2.20. The van der Waals surface area contributed by atoms with Crippen LogP contribution in [-0.4, -0.2) is 28.0 Å². The summed E-state index contributed by atoms with van der Waals surface area (Å²) < 4.78 is 5.97. The third-order valence-corrected chi connectivity index (χ3v) is 3.57. The van der Waals surface area contributed by atoms with E-state index in [0.717, 1.165) is 22.4 Å². The Kier molecular flexibility index (Phi) is 4.86. The Morgan fingerprint density at radius 1 is 1.12 bits per heavy atom. The fourth-order valence-corrected chi connectivity index (χ4v) is 2.38. The van der Waals surface area contributed by atoms with Gasteiger partial charge in [0.25, 0.3) is 0 Å². The smallest absolute Gasteiger partial charge is 0.178 e. The zero-order chi connectivity index (χ0) is 16.8. The van der Waals surface area contributed by atoms with Crippen molar-refractivity contribution in [1.29, 1.82) is 0 Å². The van der Waals surface area contributed by atoms with Gasteiger partial charge in [-0.15, -0.1) is 0 Å². The maximum atomic E-state index is 5.97. The Morgan fingerprint density at radius 3 is 2.67 bits per heavy atom. The van der Waals surface area contributed by atoms with Gasteiger partial charge in [-0.1, -0.05) is 47.6 Å². The molecule has 0 atom stereocenters. The molecule has 6 nitrogen and oxygen atoms in total. The highest BCUT2D eigenvalue weighted by molar-refractivity contribution is 6.11. The molecule has 0 saturated carbocycles. The number of aromatic nitrogens is 3. The average Bonchev–Trinajstić information content (AvgIpc) is 3.14. The molecule has 3 rings (SSSR count). The van der Waals surface area contributed by atoms with E-state index in [-0.39, 0.29) is 0 Å². The van der Waals surface area contributed by atoms with E-state index < -0.39 is 0 Å². The second kappa shape index (κ2) is 7.41. The van der Waals surface area contributed by atoms with Gasteiger partial charge < -0.3 is 9.57 Å². The summed E-state index contributed by atoms with van der Waals surface area (Å²) in [4.78, 5) is 9.15. The Balaban J connectivity index is 1.90. The molecule has 1 heterocycles. The fraction of sp³-hybridized carbons (Fsp3) is 0.167. The normalized spacial score (nSPS) is 11.3. The second-order valence-electron chi connectivity index (χ2n) is 5.17. The van der Waals surface area contributed by atoms with Crippen LogP contribution in [0.2, 0.25) is 0 Å². The average molecular weight is 322 g/mol. The monoisotopic (exact) mass is 322 g/mol. The minimum atomic E-state index is 0.415. The van der Waals surface area contributed by atoms with Crippen LogP contribution in [0.3, 0.4) is 0 Å². The number of aromatic amines is 1. The van der Waals surface area contributed by atoms with E-state index in [9.17, 15) is 0 Å². The highest BCUT2D eigenvalue weighted by Gasteiger charge is 2.15. The lowest BCUT2D eigenvalue weighted by molar-refractivity contribution is 0.213. The number of nitrogens with one attached hydrogen (secondary N) is 1. The standard InChI is InChI=1S/C18H18N4O2/c1-13-7-3-6-10-16(13)24-11-14-8-4-5-9-15(14)17(22-23-2)18-19-12-20-21-18/h3-10,12H,11H2,1-2H3,(H,19,20,21). The zero-order valence-electron chi connectivity index (χ0n) is 13.6. The molecule has 1 aromatic heterocycles. The third kappa shape index (κ3) is 3.43. The molecule has 0 aliphatic heterocycles. The second-order valence-corrected chi connectivity index (χ2v) is 5.17. The lowest BCUT2D eigenvalue weighted by Gasteiger charge is -2.12.